The van der Waals surface area contributed by atoms with Gasteiger partial charge in [-0.2, -0.15) is 0 Å². The van der Waals surface area contributed by atoms with Gasteiger partial charge in [-0.3, -0.25) is 9.79 Å². The molecule has 3 rings (SSSR count). The van der Waals surface area contributed by atoms with Gasteiger partial charge in [0.15, 0.2) is 6.04 Å². The number of carbonyl (C=O) groups is 1. The molecular formula is C19H20N2O. The number of nitrogens with one attached hydrogen (secondary N) is 1. The maximum atomic E-state index is 12.6. The Bertz CT molecular complexity index is 669. The smallest absolute Gasteiger partial charge is 0.249 e. The average Bonchev–Trinajstić information content (AvgIpc) is 2.57. The summed E-state index contributed by atoms with van der Waals surface area (Å²) in [6.07, 6.45) is 5.66. The van der Waals surface area contributed by atoms with Crippen LogP contribution in [-0.4, -0.2) is 18.7 Å². The predicted molar refractivity (Wildman–Crippen MR) is 89.1 cm³/mol. The molecule has 1 N–H and O–H groups in total. The fraction of sp³-hybridized carbons (Fsp3) is 0.368. The van der Waals surface area contributed by atoms with Crippen LogP contribution in [0.1, 0.15) is 43.7 Å². The first-order valence-corrected chi connectivity index (χ1v) is 7.94. The largest absolute Gasteiger partial charge is 0.351 e. The Morgan fingerprint density at radius 3 is 2.59 bits per heavy atom. The molecule has 2 aromatic carbocycles. The van der Waals surface area contributed by atoms with Crippen LogP contribution in [0.3, 0.4) is 0 Å². The quantitative estimate of drug-likeness (QED) is 0.856. The molecule has 0 aromatic heterocycles. The first-order valence-electron chi connectivity index (χ1n) is 7.94. The Labute approximate surface area is 131 Å². The molecule has 3 heteroatoms. The monoisotopic (exact) mass is 292 g/mol. The van der Waals surface area contributed by atoms with E-state index in [-0.39, 0.29) is 11.9 Å². The summed E-state index contributed by atoms with van der Waals surface area (Å²) in [7, 11) is 0. The van der Waals surface area contributed by atoms with Crippen molar-refractivity contribution in [1.29, 1.82) is 0 Å². The van der Waals surface area contributed by atoms with Crippen LogP contribution in [0.2, 0.25) is 0 Å². The zero-order valence-corrected chi connectivity index (χ0v) is 12.6. The van der Waals surface area contributed by atoms with Crippen LogP contribution in [0.4, 0.5) is 0 Å². The lowest BCUT2D eigenvalue weighted by molar-refractivity contribution is -0.123. The molecule has 1 aliphatic rings. The highest BCUT2D eigenvalue weighted by molar-refractivity contribution is 5.93. The van der Waals surface area contributed by atoms with E-state index in [0.717, 1.165) is 29.2 Å². The van der Waals surface area contributed by atoms with Gasteiger partial charge in [0, 0.05) is 6.04 Å². The number of carbonyl (C=O) groups excluding carboxylic acids is 1. The van der Waals surface area contributed by atoms with Gasteiger partial charge in [0.05, 0.1) is 0 Å². The van der Waals surface area contributed by atoms with E-state index in [4.69, 9.17) is 6.72 Å². The fourth-order valence-electron chi connectivity index (χ4n) is 3.29. The highest BCUT2D eigenvalue weighted by Crippen LogP contribution is 2.27. The normalized spacial score (nSPS) is 17.1. The summed E-state index contributed by atoms with van der Waals surface area (Å²) in [5.74, 6) is -0.154. The molecule has 112 valence electrons. The lowest BCUT2D eigenvalue weighted by Gasteiger charge is -2.24. The standard InChI is InChI=1S/C19H20N2O/c1-20-18(19(22)21-15-10-3-2-4-11-15)17-13-7-9-14-8-5-6-12-16(14)17/h5-9,12-13,15,18H,2-4,10-11H2,(H,21,22). The lowest BCUT2D eigenvalue weighted by Crippen LogP contribution is -2.38. The first kappa shape index (κ1) is 14.8. The van der Waals surface area contributed by atoms with E-state index >= 15 is 0 Å². The van der Waals surface area contributed by atoms with Gasteiger partial charge in [-0.15, -0.1) is 0 Å². The number of fused-ring (bicyclic) bond motifs is 1. The van der Waals surface area contributed by atoms with Gasteiger partial charge in [-0.1, -0.05) is 61.7 Å². The van der Waals surface area contributed by atoms with Crippen molar-refractivity contribution >= 4 is 23.4 Å². The summed E-state index contributed by atoms with van der Waals surface area (Å²) in [6, 6.07) is 13.2. The number of nitrogens with zero attached hydrogens (tertiary/aromatic N) is 1. The second-order valence-corrected chi connectivity index (χ2v) is 5.94. The predicted octanol–water partition coefficient (Wildman–Crippen LogP) is 3.78. The average molecular weight is 292 g/mol. The van der Waals surface area contributed by atoms with Gasteiger partial charge >= 0.3 is 0 Å². The van der Waals surface area contributed by atoms with E-state index in [1.807, 2.05) is 42.5 Å². The molecule has 22 heavy (non-hydrogen) atoms. The van der Waals surface area contributed by atoms with Crippen molar-refractivity contribution in [3.05, 3.63) is 48.0 Å². The van der Waals surface area contributed by atoms with Crippen LogP contribution < -0.4 is 5.32 Å². The second kappa shape index (κ2) is 6.73. The zero-order chi connectivity index (χ0) is 15.4. The summed E-state index contributed by atoms with van der Waals surface area (Å²) in [5, 5.41) is 5.14. The maximum Gasteiger partial charge on any atom is 0.249 e. The number of amides is 1. The molecule has 2 aromatic rings. The van der Waals surface area contributed by atoms with Crippen LogP contribution >= 0.6 is 0 Å². The maximum absolute atomic E-state index is 12.6. The third kappa shape index (κ3) is 3.03. The Balaban J connectivity index is 1.85. The van der Waals surface area contributed by atoms with Crippen molar-refractivity contribution in [2.45, 2.75) is 44.2 Å². The molecule has 1 saturated carbocycles. The molecule has 0 saturated heterocycles. The van der Waals surface area contributed by atoms with Gasteiger partial charge in [0.2, 0.25) is 5.91 Å². The Kier molecular flexibility index (Phi) is 4.52. The molecule has 0 spiro atoms. The number of benzene rings is 2. The molecule has 2 radical (unpaired) electrons. The SMILES string of the molecule is [C]=NC(C(=O)NC1CCCCC1)c1cccc2ccccc12. The summed E-state index contributed by atoms with van der Waals surface area (Å²) in [6.45, 7) is 7.48. The van der Waals surface area contributed by atoms with E-state index < -0.39 is 6.04 Å². The van der Waals surface area contributed by atoms with Crippen molar-refractivity contribution in [3.63, 3.8) is 0 Å². The highest BCUT2D eigenvalue weighted by atomic mass is 16.2. The zero-order valence-electron chi connectivity index (χ0n) is 12.6. The van der Waals surface area contributed by atoms with Gasteiger partial charge in [0.25, 0.3) is 0 Å². The van der Waals surface area contributed by atoms with Crippen LogP contribution in [0.5, 0.6) is 0 Å². The molecule has 0 heterocycles. The van der Waals surface area contributed by atoms with Crippen LogP contribution in [0.15, 0.2) is 47.5 Å². The molecule has 3 nitrogen and oxygen atoms in total. The second-order valence-electron chi connectivity index (χ2n) is 5.94. The summed E-state index contributed by atoms with van der Waals surface area (Å²) >= 11 is 0. The minimum atomic E-state index is -0.756. The summed E-state index contributed by atoms with van der Waals surface area (Å²) in [4.78, 5) is 16.2. The Hall–Kier alpha value is -2.16. The molecule has 0 bridgehead atoms. The van der Waals surface area contributed by atoms with Gasteiger partial charge in [-0.05, 0) is 29.2 Å². The van der Waals surface area contributed by atoms with Crippen molar-refractivity contribution in [1.82, 2.24) is 5.32 Å². The number of hydrogen-bond donors (Lipinski definition) is 1. The van der Waals surface area contributed by atoms with E-state index in [1.165, 1.54) is 19.3 Å². The number of hydrogen-bond acceptors (Lipinski definition) is 2. The third-order valence-electron chi connectivity index (χ3n) is 4.45. The van der Waals surface area contributed by atoms with Gasteiger partial charge in [-0.25, -0.2) is 0 Å². The molecule has 1 unspecified atom stereocenters. The van der Waals surface area contributed by atoms with Crippen molar-refractivity contribution in [3.8, 4) is 0 Å². The van der Waals surface area contributed by atoms with Gasteiger partial charge < -0.3 is 5.32 Å². The van der Waals surface area contributed by atoms with E-state index in [1.54, 1.807) is 0 Å². The highest BCUT2D eigenvalue weighted by Gasteiger charge is 2.24. The molecule has 1 fully saturated rings. The minimum Gasteiger partial charge on any atom is -0.351 e. The van der Waals surface area contributed by atoms with E-state index in [9.17, 15) is 4.79 Å². The Morgan fingerprint density at radius 1 is 1.09 bits per heavy atom. The van der Waals surface area contributed by atoms with Gasteiger partial charge in [0.1, 0.15) is 6.72 Å². The van der Waals surface area contributed by atoms with Crippen molar-refractivity contribution in [2.24, 2.45) is 4.99 Å². The lowest BCUT2D eigenvalue weighted by atomic mass is 9.94. The minimum absolute atomic E-state index is 0.154. The number of rotatable bonds is 4. The summed E-state index contributed by atoms with van der Waals surface area (Å²) in [5.41, 5.74) is 0.807. The van der Waals surface area contributed by atoms with Crippen molar-refractivity contribution < 1.29 is 4.79 Å². The van der Waals surface area contributed by atoms with Crippen LogP contribution in [-0.2, 0) is 4.79 Å². The first-order chi connectivity index (χ1) is 10.8. The fourth-order valence-corrected chi connectivity index (χ4v) is 3.29. The molecule has 1 aliphatic carbocycles. The Morgan fingerprint density at radius 2 is 1.82 bits per heavy atom. The topological polar surface area (TPSA) is 41.5 Å². The molecule has 1 atom stereocenters. The molecule has 0 aliphatic heterocycles. The third-order valence-corrected chi connectivity index (χ3v) is 4.45. The number of aliphatic imine (C=N–C) groups is 1. The van der Waals surface area contributed by atoms with E-state index in [0.29, 0.717) is 0 Å². The molecule has 1 amide bonds. The molecular weight excluding hydrogens is 272 g/mol. The summed E-state index contributed by atoms with van der Waals surface area (Å²) < 4.78 is 0. The van der Waals surface area contributed by atoms with Crippen LogP contribution in [0, 0.1) is 0 Å². The van der Waals surface area contributed by atoms with Crippen molar-refractivity contribution in [2.75, 3.05) is 0 Å². The van der Waals surface area contributed by atoms with Crippen LogP contribution in [0.25, 0.3) is 10.8 Å². The van der Waals surface area contributed by atoms with E-state index in [2.05, 4.69) is 10.3 Å².